The summed E-state index contributed by atoms with van der Waals surface area (Å²) in [5, 5.41) is 6.63. The Hall–Kier alpha value is -0.380. The highest BCUT2D eigenvalue weighted by Gasteiger charge is 2.15. The van der Waals surface area contributed by atoms with Crippen LogP contribution in [0.25, 0.3) is 0 Å². The van der Waals surface area contributed by atoms with Crippen LogP contribution in [0, 0.1) is 0 Å². The van der Waals surface area contributed by atoms with E-state index in [2.05, 4.69) is 29.0 Å². The van der Waals surface area contributed by atoms with Gasteiger partial charge in [-0.3, -0.25) is 10.2 Å². The lowest BCUT2D eigenvalue weighted by molar-refractivity contribution is 0.223. The van der Waals surface area contributed by atoms with Gasteiger partial charge in [0.05, 0.1) is 6.17 Å². The van der Waals surface area contributed by atoms with Crippen LogP contribution in [0.3, 0.4) is 0 Å². The van der Waals surface area contributed by atoms with Crippen molar-refractivity contribution in [2.45, 2.75) is 13.1 Å². The van der Waals surface area contributed by atoms with Gasteiger partial charge in [-0.05, 0) is 6.92 Å². The molecule has 3 heteroatoms. The monoisotopic (exact) mass is 155 g/mol. The van der Waals surface area contributed by atoms with E-state index in [1.165, 1.54) is 0 Å². The lowest BCUT2D eigenvalue weighted by atomic mass is 10.4. The lowest BCUT2D eigenvalue weighted by Gasteiger charge is -2.23. The van der Waals surface area contributed by atoms with E-state index in [0.717, 1.165) is 26.3 Å². The maximum atomic E-state index is 3.66. The van der Waals surface area contributed by atoms with Crippen LogP contribution in [0.15, 0.2) is 12.7 Å². The summed E-state index contributed by atoms with van der Waals surface area (Å²) in [6, 6.07) is 0. The van der Waals surface area contributed by atoms with Crippen molar-refractivity contribution in [3.8, 4) is 0 Å². The number of nitrogens with zero attached hydrogens (tertiary/aromatic N) is 1. The fourth-order valence-electron chi connectivity index (χ4n) is 1.24. The van der Waals surface area contributed by atoms with Gasteiger partial charge in [-0.2, -0.15) is 0 Å². The van der Waals surface area contributed by atoms with Gasteiger partial charge in [0.15, 0.2) is 0 Å². The van der Waals surface area contributed by atoms with Crippen molar-refractivity contribution in [3.05, 3.63) is 12.7 Å². The average molecular weight is 155 g/mol. The van der Waals surface area contributed by atoms with E-state index >= 15 is 0 Å². The summed E-state index contributed by atoms with van der Waals surface area (Å²) in [4.78, 5) is 2.36. The molecule has 1 aliphatic rings. The molecule has 1 heterocycles. The summed E-state index contributed by atoms with van der Waals surface area (Å²) < 4.78 is 0. The fourth-order valence-corrected chi connectivity index (χ4v) is 1.24. The Morgan fingerprint density at radius 1 is 1.82 bits per heavy atom. The summed E-state index contributed by atoms with van der Waals surface area (Å²) in [6.07, 6.45) is 2.35. The molecule has 3 nitrogen and oxygen atoms in total. The zero-order valence-corrected chi connectivity index (χ0v) is 7.14. The summed E-state index contributed by atoms with van der Waals surface area (Å²) in [5.41, 5.74) is 0. The first-order valence-corrected chi connectivity index (χ1v) is 4.13. The highest BCUT2D eigenvalue weighted by molar-refractivity contribution is 4.75. The topological polar surface area (TPSA) is 27.3 Å². The molecule has 64 valence electrons. The molecule has 0 saturated carbocycles. The highest BCUT2D eigenvalue weighted by Crippen LogP contribution is 1.97. The molecule has 1 atom stereocenters. The molecule has 2 N–H and O–H groups in total. The number of hydrogen-bond acceptors (Lipinski definition) is 3. The SMILES string of the molecule is C=CCNC(C)N1CCNC1. The molecule has 0 spiro atoms. The first kappa shape index (κ1) is 8.71. The minimum absolute atomic E-state index is 0.461. The Kier molecular flexibility index (Phi) is 3.56. The van der Waals surface area contributed by atoms with Crippen molar-refractivity contribution in [1.82, 2.24) is 15.5 Å². The van der Waals surface area contributed by atoms with Crippen LogP contribution in [-0.4, -0.2) is 37.4 Å². The molecule has 11 heavy (non-hydrogen) atoms. The zero-order valence-electron chi connectivity index (χ0n) is 7.14. The highest BCUT2D eigenvalue weighted by atomic mass is 15.4. The minimum Gasteiger partial charge on any atom is -0.303 e. The van der Waals surface area contributed by atoms with E-state index in [4.69, 9.17) is 0 Å². The zero-order chi connectivity index (χ0) is 8.10. The Labute approximate surface area is 68.5 Å². The van der Waals surface area contributed by atoms with E-state index in [9.17, 15) is 0 Å². The minimum atomic E-state index is 0.461. The van der Waals surface area contributed by atoms with Crippen LogP contribution in [0.2, 0.25) is 0 Å². The maximum absolute atomic E-state index is 3.66. The molecule has 1 fully saturated rings. The first-order chi connectivity index (χ1) is 5.34. The fraction of sp³-hybridized carbons (Fsp3) is 0.750. The van der Waals surface area contributed by atoms with Crippen molar-refractivity contribution in [2.24, 2.45) is 0 Å². The maximum Gasteiger partial charge on any atom is 0.0582 e. The van der Waals surface area contributed by atoms with Gasteiger partial charge in [0.1, 0.15) is 0 Å². The smallest absolute Gasteiger partial charge is 0.0582 e. The van der Waals surface area contributed by atoms with E-state index in [1.807, 2.05) is 6.08 Å². The van der Waals surface area contributed by atoms with Crippen LogP contribution >= 0.6 is 0 Å². The van der Waals surface area contributed by atoms with Crippen LogP contribution in [0.5, 0.6) is 0 Å². The molecule has 1 rings (SSSR count). The predicted octanol–water partition coefficient (Wildman–Crippen LogP) is -0.0293. The van der Waals surface area contributed by atoms with Gasteiger partial charge < -0.3 is 5.32 Å². The number of nitrogens with one attached hydrogen (secondary N) is 2. The molecular weight excluding hydrogens is 138 g/mol. The van der Waals surface area contributed by atoms with Crippen molar-refractivity contribution in [2.75, 3.05) is 26.3 Å². The van der Waals surface area contributed by atoms with E-state index in [1.54, 1.807) is 0 Å². The number of rotatable bonds is 4. The normalized spacial score (nSPS) is 21.9. The molecular formula is C8H17N3. The van der Waals surface area contributed by atoms with Gasteiger partial charge in [0.2, 0.25) is 0 Å². The molecule has 1 unspecified atom stereocenters. The van der Waals surface area contributed by atoms with E-state index in [-0.39, 0.29) is 0 Å². The Balaban J connectivity index is 2.16. The third kappa shape index (κ3) is 2.61. The van der Waals surface area contributed by atoms with Gasteiger partial charge in [0.25, 0.3) is 0 Å². The molecule has 1 saturated heterocycles. The largest absolute Gasteiger partial charge is 0.303 e. The lowest BCUT2D eigenvalue weighted by Crippen LogP contribution is -2.42. The second-order valence-electron chi connectivity index (χ2n) is 2.84. The average Bonchev–Trinajstić information content (AvgIpc) is 2.52. The molecule has 0 aromatic carbocycles. The molecule has 0 aromatic heterocycles. The summed E-state index contributed by atoms with van der Waals surface area (Å²) in [5.74, 6) is 0. The Morgan fingerprint density at radius 2 is 2.64 bits per heavy atom. The molecule has 0 radical (unpaired) electrons. The van der Waals surface area contributed by atoms with Crippen LogP contribution in [0.4, 0.5) is 0 Å². The van der Waals surface area contributed by atoms with Crippen LogP contribution in [-0.2, 0) is 0 Å². The molecule has 0 amide bonds. The van der Waals surface area contributed by atoms with Gasteiger partial charge in [0, 0.05) is 26.3 Å². The quantitative estimate of drug-likeness (QED) is 0.558. The van der Waals surface area contributed by atoms with Crippen molar-refractivity contribution in [1.29, 1.82) is 0 Å². The second-order valence-corrected chi connectivity index (χ2v) is 2.84. The Morgan fingerprint density at radius 3 is 3.18 bits per heavy atom. The van der Waals surface area contributed by atoms with Gasteiger partial charge in [-0.25, -0.2) is 0 Å². The van der Waals surface area contributed by atoms with Crippen molar-refractivity contribution >= 4 is 0 Å². The van der Waals surface area contributed by atoms with Crippen molar-refractivity contribution < 1.29 is 0 Å². The first-order valence-electron chi connectivity index (χ1n) is 4.13. The standard InChI is InChI=1S/C8H17N3/c1-3-4-10-8(2)11-6-5-9-7-11/h3,8-10H,1,4-7H2,2H3. The van der Waals surface area contributed by atoms with Crippen LogP contribution in [0.1, 0.15) is 6.92 Å². The predicted molar refractivity (Wildman–Crippen MR) is 47.2 cm³/mol. The van der Waals surface area contributed by atoms with Gasteiger partial charge in [-0.1, -0.05) is 6.08 Å². The molecule has 0 aliphatic carbocycles. The third-order valence-electron chi connectivity index (χ3n) is 2.00. The molecule has 1 aliphatic heterocycles. The Bertz CT molecular complexity index is 119. The van der Waals surface area contributed by atoms with Gasteiger partial charge >= 0.3 is 0 Å². The van der Waals surface area contributed by atoms with E-state index in [0.29, 0.717) is 6.17 Å². The summed E-state index contributed by atoms with van der Waals surface area (Å²) >= 11 is 0. The number of hydrogen-bond donors (Lipinski definition) is 2. The third-order valence-corrected chi connectivity index (χ3v) is 2.00. The second kappa shape index (κ2) is 4.49. The molecule has 0 bridgehead atoms. The molecule has 0 aromatic rings. The van der Waals surface area contributed by atoms with Gasteiger partial charge in [-0.15, -0.1) is 6.58 Å². The van der Waals surface area contributed by atoms with Crippen LogP contribution < -0.4 is 10.6 Å². The van der Waals surface area contributed by atoms with Crippen molar-refractivity contribution in [3.63, 3.8) is 0 Å². The van der Waals surface area contributed by atoms with E-state index < -0.39 is 0 Å². The summed E-state index contributed by atoms with van der Waals surface area (Å²) in [6.45, 7) is 9.99. The summed E-state index contributed by atoms with van der Waals surface area (Å²) in [7, 11) is 0.